The summed E-state index contributed by atoms with van der Waals surface area (Å²) in [5.74, 6) is 0. The fraction of sp³-hybridized carbons (Fsp3) is 1.00. The Kier molecular flexibility index (Phi) is 3.44. The van der Waals surface area contributed by atoms with Crippen LogP contribution in [-0.2, 0) is 4.74 Å². The quantitative estimate of drug-likeness (QED) is 0.809. The second-order valence-corrected chi connectivity index (χ2v) is 7.68. The van der Waals surface area contributed by atoms with Gasteiger partial charge in [-0.15, -0.1) is 0 Å². The summed E-state index contributed by atoms with van der Waals surface area (Å²) in [5.41, 5.74) is 0.882. The van der Waals surface area contributed by atoms with Crippen LogP contribution in [0.3, 0.4) is 0 Å². The van der Waals surface area contributed by atoms with Crippen LogP contribution >= 0.6 is 0 Å². The van der Waals surface area contributed by atoms with Crippen molar-refractivity contribution < 1.29 is 4.74 Å². The Balaban J connectivity index is 1.48. The highest BCUT2D eigenvalue weighted by Crippen LogP contribution is 2.43. The molecule has 0 radical (unpaired) electrons. The zero-order valence-corrected chi connectivity index (χ0v) is 12.1. The Morgan fingerprint density at radius 3 is 2.28 bits per heavy atom. The molecule has 1 unspecified atom stereocenters. The summed E-state index contributed by atoms with van der Waals surface area (Å²) < 4.78 is 6.01. The number of rotatable bonds is 2. The summed E-state index contributed by atoms with van der Waals surface area (Å²) in [6.07, 6.45) is 12.0. The fourth-order valence-electron chi connectivity index (χ4n) is 3.99. The highest BCUT2D eigenvalue weighted by atomic mass is 16.5. The van der Waals surface area contributed by atoms with Crippen molar-refractivity contribution in [2.75, 3.05) is 6.61 Å². The van der Waals surface area contributed by atoms with Crippen LogP contribution in [0.4, 0.5) is 0 Å². The summed E-state index contributed by atoms with van der Waals surface area (Å²) in [7, 11) is 0. The van der Waals surface area contributed by atoms with Crippen LogP contribution in [0, 0.1) is 5.41 Å². The normalized spacial score (nSPS) is 35.3. The van der Waals surface area contributed by atoms with Gasteiger partial charge in [-0.1, -0.05) is 13.8 Å². The van der Waals surface area contributed by atoms with E-state index in [2.05, 4.69) is 19.2 Å². The van der Waals surface area contributed by atoms with Gasteiger partial charge in [0.15, 0.2) is 0 Å². The van der Waals surface area contributed by atoms with Gasteiger partial charge in [-0.2, -0.15) is 0 Å². The number of ether oxygens (including phenoxy) is 1. The predicted molar refractivity (Wildman–Crippen MR) is 74.7 cm³/mol. The standard InChI is InChI=1S/C16H29NO/c1-15(2)9-4-13(5-10-15)17-14-6-11-18-16(12-14)7-3-8-16/h13-14,17H,3-12H2,1-2H3. The number of nitrogens with one attached hydrogen (secondary N) is 1. The molecular formula is C16H29NO. The van der Waals surface area contributed by atoms with Gasteiger partial charge in [-0.05, 0) is 63.2 Å². The summed E-state index contributed by atoms with van der Waals surface area (Å²) >= 11 is 0. The molecule has 0 aromatic heterocycles. The van der Waals surface area contributed by atoms with Crippen molar-refractivity contribution in [3.05, 3.63) is 0 Å². The van der Waals surface area contributed by atoms with Crippen molar-refractivity contribution >= 4 is 0 Å². The van der Waals surface area contributed by atoms with Gasteiger partial charge >= 0.3 is 0 Å². The third-order valence-electron chi connectivity index (χ3n) is 5.57. The highest BCUT2D eigenvalue weighted by Gasteiger charge is 2.43. The van der Waals surface area contributed by atoms with Gasteiger partial charge in [0.2, 0.25) is 0 Å². The lowest BCUT2D eigenvalue weighted by molar-refractivity contribution is -0.136. The molecule has 3 fully saturated rings. The minimum atomic E-state index is 0.295. The molecule has 3 rings (SSSR count). The Hall–Kier alpha value is -0.0800. The zero-order valence-electron chi connectivity index (χ0n) is 12.1. The van der Waals surface area contributed by atoms with Crippen molar-refractivity contribution in [3.8, 4) is 0 Å². The smallest absolute Gasteiger partial charge is 0.0697 e. The molecule has 1 aliphatic heterocycles. The van der Waals surface area contributed by atoms with Crippen molar-refractivity contribution in [2.24, 2.45) is 5.41 Å². The van der Waals surface area contributed by atoms with E-state index in [1.54, 1.807) is 0 Å². The summed E-state index contributed by atoms with van der Waals surface area (Å²) in [5, 5.41) is 3.94. The molecule has 2 heteroatoms. The van der Waals surface area contributed by atoms with Crippen LogP contribution in [-0.4, -0.2) is 24.3 Å². The summed E-state index contributed by atoms with van der Waals surface area (Å²) in [4.78, 5) is 0. The molecule has 104 valence electrons. The predicted octanol–water partition coefficient (Wildman–Crippen LogP) is 3.65. The molecule has 0 aromatic rings. The van der Waals surface area contributed by atoms with Gasteiger partial charge < -0.3 is 10.1 Å². The minimum absolute atomic E-state index is 0.295. The Labute approximate surface area is 112 Å². The average molecular weight is 251 g/mol. The van der Waals surface area contributed by atoms with E-state index in [4.69, 9.17) is 4.74 Å². The molecule has 2 aliphatic carbocycles. The van der Waals surface area contributed by atoms with E-state index in [1.165, 1.54) is 57.8 Å². The third kappa shape index (κ3) is 2.75. The molecule has 2 saturated carbocycles. The van der Waals surface area contributed by atoms with Gasteiger partial charge in [0, 0.05) is 18.7 Å². The molecule has 1 atom stereocenters. The third-order valence-corrected chi connectivity index (χ3v) is 5.57. The van der Waals surface area contributed by atoms with E-state index in [-0.39, 0.29) is 0 Å². The van der Waals surface area contributed by atoms with E-state index in [0.717, 1.165) is 18.7 Å². The lowest BCUT2D eigenvalue weighted by Crippen LogP contribution is -2.53. The van der Waals surface area contributed by atoms with Crippen LogP contribution in [0.25, 0.3) is 0 Å². The first-order valence-electron chi connectivity index (χ1n) is 7.97. The van der Waals surface area contributed by atoms with Crippen molar-refractivity contribution in [3.63, 3.8) is 0 Å². The van der Waals surface area contributed by atoms with Crippen LogP contribution in [0.5, 0.6) is 0 Å². The van der Waals surface area contributed by atoms with Gasteiger partial charge in [0.05, 0.1) is 5.60 Å². The maximum absolute atomic E-state index is 6.01. The first kappa shape index (κ1) is 12.9. The Morgan fingerprint density at radius 1 is 0.944 bits per heavy atom. The number of hydrogen-bond acceptors (Lipinski definition) is 2. The minimum Gasteiger partial charge on any atom is -0.375 e. The van der Waals surface area contributed by atoms with Gasteiger partial charge in [0.25, 0.3) is 0 Å². The van der Waals surface area contributed by atoms with Crippen LogP contribution < -0.4 is 5.32 Å². The molecule has 2 nitrogen and oxygen atoms in total. The largest absolute Gasteiger partial charge is 0.375 e. The van der Waals surface area contributed by atoms with E-state index in [0.29, 0.717) is 11.0 Å². The molecule has 1 spiro atoms. The molecular weight excluding hydrogens is 222 g/mol. The molecule has 1 N–H and O–H groups in total. The first-order valence-corrected chi connectivity index (χ1v) is 7.97. The topological polar surface area (TPSA) is 21.3 Å². The molecule has 1 saturated heterocycles. The van der Waals surface area contributed by atoms with Crippen LogP contribution in [0.2, 0.25) is 0 Å². The average Bonchev–Trinajstić information content (AvgIpc) is 2.30. The molecule has 0 amide bonds. The summed E-state index contributed by atoms with van der Waals surface area (Å²) in [6.45, 7) is 5.82. The van der Waals surface area contributed by atoms with E-state index < -0.39 is 0 Å². The first-order chi connectivity index (χ1) is 8.57. The molecule has 0 aromatic carbocycles. The molecule has 18 heavy (non-hydrogen) atoms. The second kappa shape index (κ2) is 4.79. The highest BCUT2D eigenvalue weighted by molar-refractivity contribution is 4.97. The molecule has 1 heterocycles. The monoisotopic (exact) mass is 251 g/mol. The maximum atomic E-state index is 6.01. The van der Waals surface area contributed by atoms with E-state index >= 15 is 0 Å². The summed E-state index contributed by atoms with van der Waals surface area (Å²) in [6, 6.07) is 1.50. The Bertz CT molecular complexity index is 285. The van der Waals surface area contributed by atoms with Crippen LogP contribution in [0.1, 0.15) is 71.6 Å². The van der Waals surface area contributed by atoms with Crippen LogP contribution in [0.15, 0.2) is 0 Å². The lowest BCUT2D eigenvalue weighted by Gasteiger charge is -2.48. The maximum Gasteiger partial charge on any atom is 0.0697 e. The zero-order chi connectivity index (χ0) is 12.6. The van der Waals surface area contributed by atoms with Gasteiger partial charge in [-0.25, -0.2) is 0 Å². The second-order valence-electron chi connectivity index (χ2n) is 7.68. The molecule has 0 bridgehead atoms. The number of hydrogen-bond donors (Lipinski definition) is 1. The van der Waals surface area contributed by atoms with Gasteiger partial charge in [-0.3, -0.25) is 0 Å². The van der Waals surface area contributed by atoms with Crippen molar-refractivity contribution in [2.45, 2.75) is 89.3 Å². The fourth-order valence-corrected chi connectivity index (χ4v) is 3.99. The SMILES string of the molecule is CC1(C)CCC(NC2CCOC3(CCC3)C2)CC1. The Morgan fingerprint density at radius 2 is 1.67 bits per heavy atom. The van der Waals surface area contributed by atoms with Gasteiger partial charge in [0.1, 0.15) is 0 Å². The lowest BCUT2D eigenvalue weighted by atomic mass is 9.73. The van der Waals surface area contributed by atoms with Crippen molar-refractivity contribution in [1.82, 2.24) is 5.32 Å². The van der Waals surface area contributed by atoms with Crippen molar-refractivity contribution in [1.29, 1.82) is 0 Å². The van der Waals surface area contributed by atoms with E-state index in [1.807, 2.05) is 0 Å². The molecule has 3 aliphatic rings. The van der Waals surface area contributed by atoms with E-state index in [9.17, 15) is 0 Å².